The zero-order chi connectivity index (χ0) is 19.3. The van der Waals surface area contributed by atoms with Crippen LogP contribution in [0.3, 0.4) is 0 Å². The number of halogens is 3. The molecule has 0 saturated heterocycles. The Hall–Kier alpha value is -2.31. The predicted molar refractivity (Wildman–Crippen MR) is 95.9 cm³/mol. The van der Waals surface area contributed by atoms with Crippen LogP contribution in [0.5, 0.6) is 6.01 Å². The summed E-state index contributed by atoms with van der Waals surface area (Å²) in [5.74, 6) is -0.214. The van der Waals surface area contributed by atoms with E-state index in [9.17, 15) is 13.2 Å². The molecule has 2 rings (SSSR count). The minimum absolute atomic E-state index is 0.0535. The summed E-state index contributed by atoms with van der Waals surface area (Å²) in [6.45, 7) is 5.77. The first kappa shape index (κ1) is 20.0. The van der Waals surface area contributed by atoms with Gasteiger partial charge in [-0.3, -0.25) is 0 Å². The number of ether oxygens (including phenoxy) is 1. The van der Waals surface area contributed by atoms with Crippen molar-refractivity contribution in [2.75, 3.05) is 11.9 Å². The molecule has 0 aliphatic heterocycles. The molecule has 0 bridgehead atoms. The molecule has 7 heteroatoms. The maximum atomic E-state index is 13.5. The Bertz CT molecular complexity index is 734. The van der Waals surface area contributed by atoms with E-state index < -0.39 is 11.7 Å². The monoisotopic (exact) mass is 367 g/mol. The number of anilines is 2. The van der Waals surface area contributed by atoms with E-state index in [1.807, 2.05) is 32.9 Å². The average molecular weight is 367 g/mol. The molecule has 1 heterocycles. The van der Waals surface area contributed by atoms with Crippen LogP contribution in [0.1, 0.15) is 44.7 Å². The van der Waals surface area contributed by atoms with Crippen LogP contribution < -0.4 is 9.64 Å². The van der Waals surface area contributed by atoms with Crippen LogP contribution in [0.4, 0.5) is 24.7 Å². The molecule has 4 nitrogen and oxygen atoms in total. The van der Waals surface area contributed by atoms with Crippen LogP contribution in [0, 0.1) is 0 Å². The summed E-state index contributed by atoms with van der Waals surface area (Å²) in [4.78, 5) is 9.28. The van der Waals surface area contributed by atoms with Crippen LogP contribution in [0.25, 0.3) is 0 Å². The maximum Gasteiger partial charge on any atom is 0.421 e. The number of aryl methyl sites for hydroxylation is 1. The molecule has 0 spiro atoms. The normalized spacial score (nSPS) is 12.7. The van der Waals surface area contributed by atoms with Crippen molar-refractivity contribution in [2.24, 2.45) is 0 Å². The Morgan fingerprint density at radius 2 is 1.88 bits per heavy atom. The fourth-order valence-electron chi connectivity index (χ4n) is 2.57. The molecule has 0 N–H and O–H groups in total. The quantitative estimate of drug-likeness (QED) is 0.657. The molecule has 1 unspecified atom stereocenters. The van der Waals surface area contributed by atoms with Gasteiger partial charge in [-0.05, 0) is 31.4 Å². The van der Waals surface area contributed by atoms with Crippen molar-refractivity contribution in [1.29, 1.82) is 0 Å². The van der Waals surface area contributed by atoms with Crippen molar-refractivity contribution < 1.29 is 17.9 Å². The van der Waals surface area contributed by atoms with Gasteiger partial charge in [0, 0.05) is 18.9 Å². The third-order valence-electron chi connectivity index (χ3n) is 4.12. The van der Waals surface area contributed by atoms with E-state index in [0.29, 0.717) is 12.1 Å². The Morgan fingerprint density at radius 3 is 2.50 bits per heavy atom. The van der Waals surface area contributed by atoms with Gasteiger partial charge in [0.1, 0.15) is 5.56 Å². The molecule has 0 aliphatic rings. The zero-order valence-electron chi connectivity index (χ0n) is 15.5. The molecular formula is C19H24F3N3O. The second-order valence-corrected chi connectivity index (χ2v) is 6.16. The Morgan fingerprint density at radius 1 is 1.19 bits per heavy atom. The van der Waals surface area contributed by atoms with Crippen molar-refractivity contribution in [1.82, 2.24) is 9.97 Å². The Labute approximate surface area is 152 Å². The lowest BCUT2D eigenvalue weighted by Gasteiger charge is -2.25. The molecule has 1 atom stereocenters. The molecule has 0 radical (unpaired) electrons. The predicted octanol–water partition coefficient (Wildman–Crippen LogP) is 5.39. The highest BCUT2D eigenvalue weighted by molar-refractivity contribution is 5.66. The maximum absolute atomic E-state index is 13.5. The summed E-state index contributed by atoms with van der Waals surface area (Å²) in [6, 6.07) is 7.34. The van der Waals surface area contributed by atoms with Gasteiger partial charge >= 0.3 is 12.2 Å². The molecular weight excluding hydrogens is 343 g/mol. The zero-order valence-corrected chi connectivity index (χ0v) is 15.5. The van der Waals surface area contributed by atoms with Crippen LogP contribution >= 0.6 is 0 Å². The number of aromatic nitrogens is 2. The lowest BCUT2D eigenvalue weighted by atomic mass is 10.1. The van der Waals surface area contributed by atoms with Crippen molar-refractivity contribution in [3.05, 3.63) is 41.6 Å². The topological polar surface area (TPSA) is 38.2 Å². The van der Waals surface area contributed by atoms with E-state index >= 15 is 0 Å². The van der Waals surface area contributed by atoms with E-state index in [2.05, 4.69) is 9.97 Å². The number of hydrogen-bond acceptors (Lipinski definition) is 4. The smallest absolute Gasteiger partial charge is 0.421 e. The van der Waals surface area contributed by atoms with Gasteiger partial charge in [-0.25, -0.2) is 4.98 Å². The molecule has 2 aromatic rings. The fourth-order valence-corrected chi connectivity index (χ4v) is 2.57. The van der Waals surface area contributed by atoms with Crippen LogP contribution in [-0.2, 0) is 12.6 Å². The largest absolute Gasteiger partial charge is 0.460 e. The molecule has 26 heavy (non-hydrogen) atoms. The van der Waals surface area contributed by atoms with Gasteiger partial charge in [0.2, 0.25) is 0 Å². The van der Waals surface area contributed by atoms with Gasteiger partial charge in [0.15, 0.2) is 5.82 Å². The van der Waals surface area contributed by atoms with E-state index in [0.717, 1.165) is 24.6 Å². The number of nitrogens with zero attached hydrogens (tertiary/aromatic N) is 3. The van der Waals surface area contributed by atoms with Crippen molar-refractivity contribution >= 4 is 11.5 Å². The third kappa shape index (κ3) is 4.65. The summed E-state index contributed by atoms with van der Waals surface area (Å²) in [5, 5.41) is 0. The standard InChI is InChI=1S/C19H24F3N3O/c1-5-9-14-10-7-8-11-16(14)25(4)17-15(19(20,21)22)12-23-18(24-17)26-13(3)6-2/h7-8,10-13H,5-6,9H2,1-4H3. The number of rotatable bonds is 7. The van der Waals surface area contributed by atoms with E-state index in [1.54, 1.807) is 19.2 Å². The molecule has 0 amide bonds. The summed E-state index contributed by atoms with van der Waals surface area (Å²) >= 11 is 0. The summed E-state index contributed by atoms with van der Waals surface area (Å²) in [5.41, 5.74) is 0.768. The van der Waals surface area contributed by atoms with Gasteiger partial charge in [0.05, 0.1) is 6.10 Å². The number of hydrogen-bond donors (Lipinski definition) is 0. The fraction of sp³-hybridized carbons (Fsp3) is 0.474. The molecule has 142 valence electrons. The number of alkyl halides is 3. The minimum atomic E-state index is -4.56. The van der Waals surface area contributed by atoms with Crippen LogP contribution in [0.2, 0.25) is 0 Å². The van der Waals surface area contributed by atoms with Gasteiger partial charge in [-0.2, -0.15) is 18.2 Å². The summed E-state index contributed by atoms with van der Waals surface area (Å²) in [6.07, 6.45) is -1.59. The summed E-state index contributed by atoms with van der Waals surface area (Å²) < 4.78 is 46.0. The Balaban J connectivity index is 2.52. The first-order valence-corrected chi connectivity index (χ1v) is 8.70. The molecule has 0 fully saturated rings. The van der Waals surface area contributed by atoms with E-state index in [4.69, 9.17) is 4.74 Å². The lowest BCUT2D eigenvalue weighted by Crippen LogP contribution is -2.21. The third-order valence-corrected chi connectivity index (χ3v) is 4.12. The van der Waals surface area contributed by atoms with E-state index in [-0.39, 0.29) is 17.9 Å². The first-order valence-electron chi connectivity index (χ1n) is 8.70. The first-order chi connectivity index (χ1) is 12.3. The lowest BCUT2D eigenvalue weighted by molar-refractivity contribution is -0.137. The minimum Gasteiger partial charge on any atom is -0.460 e. The highest BCUT2D eigenvalue weighted by Crippen LogP contribution is 2.38. The van der Waals surface area contributed by atoms with Gasteiger partial charge in [-0.1, -0.05) is 38.5 Å². The highest BCUT2D eigenvalue weighted by atomic mass is 19.4. The number of benzene rings is 1. The van der Waals surface area contributed by atoms with Crippen LogP contribution in [-0.4, -0.2) is 23.1 Å². The Kier molecular flexibility index (Phi) is 6.45. The molecule has 1 aromatic carbocycles. The molecule has 1 aromatic heterocycles. The number of para-hydroxylation sites is 1. The van der Waals surface area contributed by atoms with Gasteiger partial charge in [0.25, 0.3) is 0 Å². The second kappa shape index (κ2) is 8.38. The van der Waals surface area contributed by atoms with Gasteiger partial charge in [-0.15, -0.1) is 0 Å². The van der Waals surface area contributed by atoms with Crippen molar-refractivity contribution in [3.8, 4) is 6.01 Å². The SMILES string of the molecule is CCCc1ccccc1N(C)c1nc(OC(C)CC)ncc1C(F)(F)F. The second-order valence-electron chi connectivity index (χ2n) is 6.16. The van der Waals surface area contributed by atoms with Crippen molar-refractivity contribution in [2.45, 2.75) is 52.3 Å². The summed E-state index contributed by atoms with van der Waals surface area (Å²) in [7, 11) is 1.58. The van der Waals surface area contributed by atoms with E-state index in [1.165, 1.54) is 4.90 Å². The molecule has 0 aliphatic carbocycles. The molecule has 0 saturated carbocycles. The van der Waals surface area contributed by atoms with Crippen molar-refractivity contribution in [3.63, 3.8) is 0 Å². The average Bonchev–Trinajstić information content (AvgIpc) is 2.60. The van der Waals surface area contributed by atoms with Gasteiger partial charge < -0.3 is 9.64 Å². The van der Waals surface area contributed by atoms with Crippen LogP contribution in [0.15, 0.2) is 30.5 Å². The highest BCUT2D eigenvalue weighted by Gasteiger charge is 2.37.